The molecule has 0 unspecified atom stereocenters. The fourth-order valence-corrected chi connectivity index (χ4v) is 4.17. The third kappa shape index (κ3) is 3.51. The minimum atomic E-state index is -0.853. The fraction of sp³-hybridized carbons (Fsp3) is 0.208. The Bertz CT molecular complexity index is 1170. The lowest BCUT2D eigenvalue weighted by molar-refractivity contribution is 0.0117. The number of rotatable bonds is 3. The highest BCUT2D eigenvalue weighted by Crippen LogP contribution is 2.36. The van der Waals surface area contributed by atoms with Gasteiger partial charge >= 0.3 is 0 Å². The van der Waals surface area contributed by atoms with Gasteiger partial charge in [-0.05, 0) is 54.8 Å². The van der Waals surface area contributed by atoms with Gasteiger partial charge in [-0.15, -0.1) is 0 Å². The predicted molar refractivity (Wildman–Crippen MR) is 120 cm³/mol. The zero-order valence-electron chi connectivity index (χ0n) is 16.4. The van der Waals surface area contributed by atoms with Gasteiger partial charge in [0.25, 0.3) is 0 Å². The summed E-state index contributed by atoms with van der Waals surface area (Å²) >= 11 is 6.01. The number of para-hydroxylation sites is 1. The summed E-state index contributed by atoms with van der Waals surface area (Å²) in [4.78, 5) is 16.3. The van der Waals surface area contributed by atoms with Gasteiger partial charge in [0.1, 0.15) is 11.5 Å². The molecule has 1 N–H and O–H groups in total. The van der Waals surface area contributed by atoms with E-state index in [4.69, 9.17) is 21.6 Å². The van der Waals surface area contributed by atoms with Crippen molar-refractivity contribution in [1.82, 2.24) is 15.0 Å². The molecular weight excluding hydrogens is 396 g/mol. The van der Waals surface area contributed by atoms with Crippen LogP contribution in [0.15, 0.2) is 72.9 Å². The largest absolute Gasteiger partial charge is 0.385 e. The molecule has 1 fully saturated rings. The summed E-state index contributed by atoms with van der Waals surface area (Å²) in [5.41, 5.74) is 1.70. The molecule has 150 valence electrons. The Morgan fingerprint density at radius 2 is 1.60 bits per heavy atom. The molecule has 0 radical (unpaired) electrons. The van der Waals surface area contributed by atoms with Crippen molar-refractivity contribution in [2.45, 2.75) is 18.4 Å². The van der Waals surface area contributed by atoms with E-state index in [1.54, 1.807) is 6.20 Å². The first-order chi connectivity index (χ1) is 14.6. The SMILES string of the molecule is OC1(c2ccc(Cl)cc2)CCN(c2nc(-c3ccccn3)nc3ccccc23)CC1. The fourth-order valence-electron chi connectivity index (χ4n) is 4.05. The summed E-state index contributed by atoms with van der Waals surface area (Å²) in [5, 5.41) is 12.9. The first kappa shape index (κ1) is 19.0. The molecule has 2 aromatic carbocycles. The molecule has 1 aliphatic rings. The van der Waals surface area contributed by atoms with Gasteiger partial charge in [-0.2, -0.15) is 0 Å². The van der Waals surface area contributed by atoms with Gasteiger partial charge in [-0.3, -0.25) is 4.98 Å². The number of piperidine rings is 1. The predicted octanol–water partition coefficient (Wildman–Crippen LogP) is 4.83. The normalized spacial score (nSPS) is 16.0. The molecule has 5 rings (SSSR count). The molecule has 3 heterocycles. The maximum atomic E-state index is 11.2. The Hall–Kier alpha value is -3.02. The Morgan fingerprint density at radius 1 is 0.867 bits per heavy atom. The van der Waals surface area contributed by atoms with E-state index < -0.39 is 5.60 Å². The van der Waals surface area contributed by atoms with Gasteiger partial charge in [-0.25, -0.2) is 9.97 Å². The molecule has 30 heavy (non-hydrogen) atoms. The number of nitrogens with zero attached hydrogens (tertiary/aromatic N) is 4. The second kappa shape index (κ2) is 7.67. The molecule has 0 bridgehead atoms. The summed E-state index contributed by atoms with van der Waals surface area (Å²) in [7, 11) is 0. The lowest BCUT2D eigenvalue weighted by atomic mass is 9.84. The monoisotopic (exact) mass is 416 g/mol. The summed E-state index contributed by atoms with van der Waals surface area (Å²) in [6.45, 7) is 1.39. The summed E-state index contributed by atoms with van der Waals surface area (Å²) in [5.74, 6) is 1.50. The lowest BCUT2D eigenvalue weighted by Gasteiger charge is -2.39. The Balaban J connectivity index is 1.49. The zero-order valence-corrected chi connectivity index (χ0v) is 17.1. The first-order valence-electron chi connectivity index (χ1n) is 10.0. The highest BCUT2D eigenvalue weighted by atomic mass is 35.5. The number of fused-ring (bicyclic) bond motifs is 1. The van der Waals surface area contributed by atoms with Crippen LogP contribution in [0.2, 0.25) is 5.02 Å². The van der Waals surface area contributed by atoms with Crippen LogP contribution < -0.4 is 4.90 Å². The van der Waals surface area contributed by atoms with Crippen LogP contribution in [0.3, 0.4) is 0 Å². The first-order valence-corrected chi connectivity index (χ1v) is 10.4. The smallest absolute Gasteiger partial charge is 0.180 e. The molecule has 6 heteroatoms. The number of aromatic nitrogens is 3. The van der Waals surface area contributed by atoms with Crippen molar-refractivity contribution >= 4 is 28.3 Å². The maximum Gasteiger partial charge on any atom is 0.180 e. The lowest BCUT2D eigenvalue weighted by Crippen LogP contribution is -2.43. The highest BCUT2D eigenvalue weighted by Gasteiger charge is 2.35. The second-order valence-corrected chi connectivity index (χ2v) is 8.06. The van der Waals surface area contributed by atoms with Crippen molar-refractivity contribution < 1.29 is 5.11 Å². The average molecular weight is 417 g/mol. The molecule has 1 aliphatic heterocycles. The van der Waals surface area contributed by atoms with Crippen molar-refractivity contribution in [2.24, 2.45) is 0 Å². The van der Waals surface area contributed by atoms with Gasteiger partial charge in [0.05, 0.1) is 11.1 Å². The van der Waals surface area contributed by atoms with Crippen LogP contribution in [0, 0.1) is 0 Å². The number of anilines is 1. The van der Waals surface area contributed by atoms with E-state index in [0.717, 1.165) is 28.0 Å². The van der Waals surface area contributed by atoms with Gasteiger partial charge in [-0.1, -0.05) is 41.9 Å². The van der Waals surface area contributed by atoms with Gasteiger partial charge in [0.2, 0.25) is 0 Å². The number of pyridine rings is 1. The van der Waals surface area contributed by atoms with Crippen molar-refractivity contribution in [3.63, 3.8) is 0 Å². The van der Waals surface area contributed by atoms with Crippen LogP contribution in [0.1, 0.15) is 18.4 Å². The van der Waals surface area contributed by atoms with Crippen LogP contribution >= 0.6 is 11.6 Å². The van der Waals surface area contributed by atoms with E-state index in [9.17, 15) is 5.11 Å². The van der Waals surface area contributed by atoms with E-state index in [2.05, 4.69) is 9.88 Å². The summed E-state index contributed by atoms with van der Waals surface area (Å²) in [6.07, 6.45) is 2.98. The van der Waals surface area contributed by atoms with Crippen LogP contribution in [0.5, 0.6) is 0 Å². The molecule has 4 aromatic rings. The standard InChI is InChI=1S/C24H21ClN4O/c25-18-10-8-17(9-11-18)24(30)12-15-29(16-13-24)23-19-5-1-2-6-20(19)27-22(28-23)21-7-3-4-14-26-21/h1-11,14,30H,12-13,15-16H2. The average Bonchev–Trinajstić information content (AvgIpc) is 2.80. The number of aliphatic hydroxyl groups is 1. The molecule has 2 aromatic heterocycles. The highest BCUT2D eigenvalue weighted by molar-refractivity contribution is 6.30. The number of hydrogen-bond acceptors (Lipinski definition) is 5. The van der Waals surface area contributed by atoms with Gasteiger partial charge in [0, 0.05) is 29.7 Å². The van der Waals surface area contributed by atoms with Gasteiger partial charge < -0.3 is 10.0 Å². The van der Waals surface area contributed by atoms with Crippen LogP contribution in [0.4, 0.5) is 5.82 Å². The van der Waals surface area contributed by atoms with Crippen molar-refractivity contribution in [2.75, 3.05) is 18.0 Å². The second-order valence-electron chi connectivity index (χ2n) is 7.63. The molecule has 0 spiro atoms. The minimum absolute atomic E-state index is 0.614. The third-order valence-electron chi connectivity index (χ3n) is 5.75. The minimum Gasteiger partial charge on any atom is -0.385 e. The van der Waals surface area contributed by atoms with Crippen molar-refractivity contribution in [1.29, 1.82) is 0 Å². The maximum absolute atomic E-state index is 11.2. The quantitative estimate of drug-likeness (QED) is 0.518. The van der Waals surface area contributed by atoms with E-state index in [1.165, 1.54) is 0 Å². The van der Waals surface area contributed by atoms with Crippen LogP contribution in [-0.2, 0) is 5.60 Å². The molecule has 1 saturated heterocycles. The van der Waals surface area contributed by atoms with E-state index in [-0.39, 0.29) is 0 Å². The van der Waals surface area contributed by atoms with Crippen LogP contribution in [-0.4, -0.2) is 33.1 Å². The Kier molecular flexibility index (Phi) is 4.85. The molecule has 5 nitrogen and oxygen atoms in total. The van der Waals surface area contributed by atoms with E-state index >= 15 is 0 Å². The van der Waals surface area contributed by atoms with Crippen molar-refractivity contribution in [3.8, 4) is 11.5 Å². The van der Waals surface area contributed by atoms with Crippen molar-refractivity contribution in [3.05, 3.63) is 83.5 Å². The summed E-state index contributed by atoms with van der Waals surface area (Å²) < 4.78 is 0. The van der Waals surface area contributed by atoms with E-state index in [0.29, 0.717) is 36.8 Å². The van der Waals surface area contributed by atoms with E-state index in [1.807, 2.05) is 66.7 Å². The molecular formula is C24H21ClN4O. The molecule has 0 atom stereocenters. The molecule has 0 saturated carbocycles. The third-order valence-corrected chi connectivity index (χ3v) is 6.00. The molecule has 0 aliphatic carbocycles. The number of hydrogen-bond donors (Lipinski definition) is 1. The molecule has 0 amide bonds. The van der Waals surface area contributed by atoms with Gasteiger partial charge in [0.15, 0.2) is 5.82 Å². The zero-order chi connectivity index (χ0) is 20.6. The number of benzene rings is 2. The number of halogens is 1. The Labute approximate surface area is 180 Å². The van der Waals surface area contributed by atoms with Crippen LogP contribution in [0.25, 0.3) is 22.4 Å². The Morgan fingerprint density at radius 3 is 2.33 bits per heavy atom. The topological polar surface area (TPSA) is 62.1 Å². The summed E-state index contributed by atoms with van der Waals surface area (Å²) in [6, 6.07) is 21.3.